The van der Waals surface area contributed by atoms with Crippen molar-refractivity contribution >= 4 is 0 Å². The molecule has 0 aliphatic carbocycles. The van der Waals surface area contributed by atoms with Crippen molar-refractivity contribution in [2.45, 2.75) is 6.92 Å². The Balaban J connectivity index is 2.67. The number of benzene rings is 2. The Bertz CT molecular complexity index is 567. The summed E-state index contributed by atoms with van der Waals surface area (Å²) in [5, 5.41) is 18.7. The predicted molar refractivity (Wildman–Crippen MR) is 63.0 cm³/mol. The molecule has 2 aromatic carbocycles. The van der Waals surface area contributed by atoms with Crippen molar-refractivity contribution in [3.05, 3.63) is 53.6 Å². The third-order valence-corrected chi connectivity index (χ3v) is 2.65. The van der Waals surface area contributed by atoms with E-state index in [4.69, 9.17) is 5.26 Å². The van der Waals surface area contributed by atoms with E-state index >= 15 is 0 Å². The molecule has 2 aromatic rings. The van der Waals surface area contributed by atoms with E-state index in [2.05, 4.69) is 6.07 Å². The molecule has 2 heteroatoms. The van der Waals surface area contributed by atoms with Gasteiger partial charge in [-0.15, -0.1) is 0 Å². The third-order valence-electron chi connectivity index (χ3n) is 2.65. The zero-order valence-corrected chi connectivity index (χ0v) is 8.94. The van der Waals surface area contributed by atoms with Crippen molar-refractivity contribution in [3.63, 3.8) is 0 Å². The topological polar surface area (TPSA) is 44.0 Å². The number of para-hydroxylation sites is 1. The zero-order chi connectivity index (χ0) is 11.5. The molecular formula is C14H11NO. The highest BCUT2D eigenvalue weighted by Gasteiger charge is 2.08. The molecule has 0 aliphatic heterocycles. The van der Waals surface area contributed by atoms with E-state index < -0.39 is 0 Å². The third kappa shape index (κ3) is 1.64. The fraction of sp³-hybridized carbons (Fsp3) is 0.0714. The SMILES string of the molecule is Cc1c(C#N)cccc1-c1ccccc1O. The Kier molecular flexibility index (Phi) is 2.61. The first-order valence-electron chi connectivity index (χ1n) is 5.02. The van der Waals surface area contributed by atoms with Crippen LogP contribution in [-0.2, 0) is 0 Å². The van der Waals surface area contributed by atoms with Crippen molar-refractivity contribution < 1.29 is 5.11 Å². The lowest BCUT2D eigenvalue weighted by Gasteiger charge is -2.08. The zero-order valence-electron chi connectivity index (χ0n) is 8.94. The van der Waals surface area contributed by atoms with E-state index in [-0.39, 0.29) is 5.75 Å². The average Bonchev–Trinajstić information content (AvgIpc) is 2.31. The number of nitriles is 1. The maximum Gasteiger partial charge on any atom is 0.123 e. The summed E-state index contributed by atoms with van der Waals surface area (Å²) in [5.74, 6) is 0.237. The molecule has 0 fully saturated rings. The Morgan fingerprint density at radius 3 is 2.38 bits per heavy atom. The second-order valence-electron chi connectivity index (χ2n) is 3.61. The first-order valence-corrected chi connectivity index (χ1v) is 5.02. The summed E-state index contributed by atoms with van der Waals surface area (Å²) >= 11 is 0. The molecule has 0 spiro atoms. The highest BCUT2D eigenvalue weighted by molar-refractivity contribution is 5.74. The lowest BCUT2D eigenvalue weighted by atomic mass is 9.96. The molecule has 0 saturated heterocycles. The van der Waals surface area contributed by atoms with Crippen LogP contribution in [0.3, 0.4) is 0 Å². The van der Waals surface area contributed by atoms with Gasteiger partial charge in [0.2, 0.25) is 0 Å². The van der Waals surface area contributed by atoms with Gasteiger partial charge in [-0.3, -0.25) is 0 Å². The van der Waals surface area contributed by atoms with Crippen LogP contribution in [-0.4, -0.2) is 5.11 Å². The van der Waals surface area contributed by atoms with Crippen LogP contribution in [0.5, 0.6) is 5.75 Å². The normalized spacial score (nSPS) is 9.75. The minimum atomic E-state index is 0.237. The number of hydrogen-bond acceptors (Lipinski definition) is 2. The molecule has 0 atom stereocenters. The maximum atomic E-state index is 9.77. The van der Waals surface area contributed by atoms with Crippen LogP contribution >= 0.6 is 0 Å². The molecule has 0 aromatic heterocycles. The molecule has 0 heterocycles. The van der Waals surface area contributed by atoms with Crippen LogP contribution in [0.25, 0.3) is 11.1 Å². The van der Waals surface area contributed by atoms with Gasteiger partial charge < -0.3 is 5.11 Å². The Morgan fingerprint density at radius 2 is 1.69 bits per heavy atom. The van der Waals surface area contributed by atoms with Gasteiger partial charge in [-0.2, -0.15) is 5.26 Å². The summed E-state index contributed by atoms with van der Waals surface area (Å²) < 4.78 is 0. The van der Waals surface area contributed by atoms with Gasteiger partial charge in [-0.05, 0) is 30.2 Å². The monoisotopic (exact) mass is 209 g/mol. The van der Waals surface area contributed by atoms with E-state index in [1.807, 2.05) is 31.2 Å². The van der Waals surface area contributed by atoms with Gasteiger partial charge in [-0.25, -0.2) is 0 Å². The second-order valence-corrected chi connectivity index (χ2v) is 3.61. The van der Waals surface area contributed by atoms with Crippen LogP contribution in [0.4, 0.5) is 0 Å². The number of hydrogen-bond donors (Lipinski definition) is 1. The van der Waals surface area contributed by atoms with Crippen molar-refractivity contribution in [3.8, 4) is 22.9 Å². The predicted octanol–water partition coefficient (Wildman–Crippen LogP) is 3.24. The molecule has 0 bridgehead atoms. The highest BCUT2D eigenvalue weighted by atomic mass is 16.3. The molecule has 2 rings (SSSR count). The van der Waals surface area contributed by atoms with E-state index in [9.17, 15) is 5.11 Å². The van der Waals surface area contributed by atoms with Crippen LogP contribution in [0.15, 0.2) is 42.5 Å². The first-order chi connectivity index (χ1) is 7.74. The van der Waals surface area contributed by atoms with Gasteiger partial charge >= 0.3 is 0 Å². The fourth-order valence-electron chi connectivity index (χ4n) is 1.75. The molecule has 1 N–H and O–H groups in total. The summed E-state index contributed by atoms with van der Waals surface area (Å²) in [7, 11) is 0. The summed E-state index contributed by atoms with van der Waals surface area (Å²) in [6, 6.07) is 14.8. The van der Waals surface area contributed by atoms with Crippen molar-refractivity contribution in [2.75, 3.05) is 0 Å². The van der Waals surface area contributed by atoms with E-state index in [1.165, 1.54) is 0 Å². The summed E-state index contributed by atoms with van der Waals surface area (Å²) in [5.41, 5.74) is 3.20. The summed E-state index contributed by atoms with van der Waals surface area (Å²) in [6.07, 6.45) is 0. The van der Waals surface area contributed by atoms with Crippen LogP contribution < -0.4 is 0 Å². The van der Waals surface area contributed by atoms with Crippen LogP contribution in [0.2, 0.25) is 0 Å². The lowest BCUT2D eigenvalue weighted by Crippen LogP contribution is -1.88. The van der Waals surface area contributed by atoms with Gasteiger partial charge in [0.05, 0.1) is 11.6 Å². The number of aromatic hydroxyl groups is 1. The molecule has 0 unspecified atom stereocenters. The second kappa shape index (κ2) is 4.08. The number of rotatable bonds is 1. The summed E-state index contributed by atoms with van der Waals surface area (Å²) in [6.45, 7) is 1.89. The Hall–Kier alpha value is -2.27. The Labute approximate surface area is 94.4 Å². The molecule has 0 radical (unpaired) electrons. The molecule has 0 aliphatic rings. The molecule has 2 nitrogen and oxygen atoms in total. The first kappa shape index (κ1) is 10.3. The molecule has 78 valence electrons. The van der Waals surface area contributed by atoms with Crippen molar-refractivity contribution in [1.29, 1.82) is 5.26 Å². The van der Waals surface area contributed by atoms with E-state index in [0.29, 0.717) is 5.56 Å². The lowest BCUT2D eigenvalue weighted by molar-refractivity contribution is 0.477. The van der Waals surface area contributed by atoms with Gasteiger partial charge in [0.15, 0.2) is 0 Å². The van der Waals surface area contributed by atoms with Gasteiger partial charge in [0.1, 0.15) is 5.75 Å². The Morgan fingerprint density at radius 1 is 1.00 bits per heavy atom. The van der Waals surface area contributed by atoms with Crippen molar-refractivity contribution in [1.82, 2.24) is 0 Å². The standard InChI is InChI=1S/C14H11NO/c1-10-11(9-15)5-4-7-12(10)13-6-2-3-8-14(13)16/h2-8,16H,1H3. The average molecular weight is 209 g/mol. The maximum absolute atomic E-state index is 9.77. The number of phenols is 1. The van der Waals surface area contributed by atoms with E-state index in [0.717, 1.165) is 16.7 Å². The van der Waals surface area contributed by atoms with Crippen molar-refractivity contribution in [2.24, 2.45) is 0 Å². The highest BCUT2D eigenvalue weighted by Crippen LogP contribution is 2.31. The molecule has 0 amide bonds. The fourth-order valence-corrected chi connectivity index (χ4v) is 1.75. The van der Waals surface area contributed by atoms with E-state index in [1.54, 1.807) is 18.2 Å². The minimum Gasteiger partial charge on any atom is -0.507 e. The van der Waals surface area contributed by atoms with Crippen LogP contribution in [0, 0.1) is 18.3 Å². The van der Waals surface area contributed by atoms with Gasteiger partial charge in [-0.1, -0.05) is 30.3 Å². The summed E-state index contributed by atoms with van der Waals surface area (Å²) in [4.78, 5) is 0. The minimum absolute atomic E-state index is 0.237. The quantitative estimate of drug-likeness (QED) is 0.783. The van der Waals surface area contributed by atoms with Crippen LogP contribution in [0.1, 0.15) is 11.1 Å². The molecular weight excluding hydrogens is 198 g/mol. The molecule has 0 saturated carbocycles. The molecule has 16 heavy (non-hydrogen) atoms. The largest absolute Gasteiger partial charge is 0.507 e. The number of nitrogens with zero attached hydrogens (tertiary/aromatic N) is 1. The van der Waals surface area contributed by atoms with Gasteiger partial charge in [0, 0.05) is 5.56 Å². The van der Waals surface area contributed by atoms with Gasteiger partial charge in [0.25, 0.3) is 0 Å². The number of phenolic OH excluding ortho intramolecular Hbond substituents is 1. The smallest absolute Gasteiger partial charge is 0.123 e.